The average molecular weight is 291 g/mol. The molecular formula is C15H9N5O2. The number of nitriles is 1. The van der Waals surface area contributed by atoms with Crippen molar-refractivity contribution < 1.29 is 9.32 Å². The van der Waals surface area contributed by atoms with Crippen LogP contribution in [0.1, 0.15) is 16.2 Å². The number of nitrogens with one attached hydrogen (secondary N) is 1. The summed E-state index contributed by atoms with van der Waals surface area (Å²) in [5, 5.41) is 15.3. The zero-order chi connectivity index (χ0) is 15.4. The van der Waals surface area contributed by atoms with Crippen molar-refractivity contribution in [2.75, 3.05) is 5.32 Å². The Balaban J connectivity index is 1.82. The lowest BCUT2D eigenvalue weighted by molar-refractivity contribution is 0.0981. The molecule has 0 radical (unpaired) electrons. The Bertz CT molecular complexity index is 852. The minimum absolute atomic E-state index is 0.181. The summed E-state index contributed by atoms with van der Waals surface area (Å²) < 4.78 is 4.95. The molecule has 1 aromatic carbocycles. The Labute approximate surface area is 125 Å². The molecule has 1 amide bonds. The van der Waals surface area contributed by atoms with Gasteiger partial charge in [0.2, 0.25) is 5.82 Å². The van der Waals surface area contributed by atoms with Crippen molar-refractivity contribution in [3.05, 3.63) is 60.2 Å². The molecule has 7 nitrogen and oxygen atoms in total. The van der Waals surface area contributed by atoms with Gasteiger partial charge in [0.25, 0.3) is 0 Å². The van der Waals surface area contributed by atoms with Crippen molar-refractivity contribution in [3.8, 4) is 17.5 Å². The molecule has 3 rings (SSSR count). The first-order valence-corrected chi connectivity index (χ1v) is 6.32. The van der Waals surface area contributed by atoms with Crippen LogP contribution in [0.25, 0.3) is 11.4 Å². The second-order valence-electron chi connectivity index (χ2n) is 4.27. The summed E-state index contributed by atoms with van der Waals surface area (Å²) in [6.45, 7) is 0. The molecule has 0 fully saturated rings. The molecule has 1 N–H and O–H groups in total. The van der Waals surface area contributed by atoms with Gasteiger partial charge in [-0.3, -0.25) is 9.78 Å². The van der Waals surface area contributed by atoms with Crippen LogP contribution >= 0.6 is 0 Å². The van der Waals surface area contributed by atoms with Gasteiger partial charge in [0.15, 0.2) is 0 Å². The number of hydrogen-bond acceptors (Lipinski definition) is 6. The molecule has 22 heavy (non-hydrogen) atoms. The molecule has 0 aliphatic heterocycles. The monoisotopic (exact) mass is 291 g/mol. The van der Waals surface area contributed by atoms with Gasteiger partial charge < -0.3 is 9.84 Å². The minimum Gasteiger partial charge on any atom is -0.328 e. The third-order valence-electron chi connectivity index (χ3n) is 2.85. The predicted octanol–water partition coefficient (Wildman–Crippen LogP) is 2.26. The van der Waals surface area contributed by atoms with E-state index in [2.05, 4.69) is 20.4 Å². The maximum absolute atomic E-state index is 12.1. The van der Waals surface area contributed by atoms with Gasteiger partial charge in [-0.25, -0.2) is 0 Å². The molecule has 0 saturated carbocycles. The average Bonchev–Trinajstić information content (AvgIpc) is 3.06. The molecule has 2 heterocycles. The van der Waals surface area contributed by atoms with Gasteiger partial charge >= 0.3 is 11.8 Å². The lowest BCUT2D eigenvalue weighted by Crippen LogP contribution is -2.13. The van der Waals surface area contributed by atoms with Crippen LogP contribution in [0.2, 0.25) is 0 Å². The summed E-state index contributed by atoms with van der Waals surface area (Å²) in [4.78, 5) is 20.0. The van der Waals surface area contributed by atoms with E-state index in [1.165, 1.54) is 0 Å². The molecule has 0 spiro atoms. The van der Waals surface area contributed by atoms with E-state index in [0.717, 1.165) is 0 Å². The maximum Gasteiger partial charge on any atom is 0.316 e. The number of rotatable bonds is 3. The molecule has 0 atom stereocenters. The molecular weight excluding hydrogens is 282 g/mol. The first-order chi connectivity index (χ1) is 10.8. The number of benzene rings is 1. The fraction of sp³-hybridized carbons (Fsp3) is 0. The second kappa shape index (κ2) is 5.85. The number of pyridine rings is 1. The quantitative estimate of drug-likeness (QED) is 0.793. The molecule has 0 aliphatic rings. The lowest BCUT2D eigenvalue weighted by atomic mass is 10.2. The number of anilines is 1. The largest absolute Gasteiger partial charge is 0.328 e. The van der Waals surface area contributed by atoms with E-state index in [9.17, 15) is 4.79 Å². The van der Waals surface area contributed by atoms with Gasteiger partial charge in [-0.05, 0) is 24.3 Å². The van der Waals surface area contributed by atoms with Crippen molar-refractivity contribution in [2.24, 2.45) is 0 Å². The van der Waals surface area contributed by atoms with E-state index in [1.54, 1.807) is 48.8 Å². The Morgan fingerprint density at radius 1 is 1.18 bits per heavy atom. The van der Waals surface area contributed by atoms with Gasteiger partial charge in [0, 0.05) is 18.0 Å². The van der Waals surface area contributed by atoms with Gasteiger partial charge in [-0.1, -0.05) is 17.3 Å². The molecule has 106 valence electrons. The second-order valence-corrected chi connectivity index (χ2v) is 4.27. The molecule has 0 saturated heterocycles. The first kappa shape index (κ1) is 13.5. The van der Waals surface area contributed by atoms with E-state index in [-0.39, 0.29) is 5.89 Å². The summed E-state index contributed by atoms with van der Waals surface area (Å²) >= 11 is 0. The highest BCUT2D eigenvalue weighted by Gasteiger charge is 2.17. The molecule has 0 unspecified atom stereocenters. The highest BCUT2D eigenvalue weighted by atomic mass is 16.5. The molecule has 0 aliphatic carbocycles. The normalized spacial score (nSPS) is 9.95. The fourth-order valence-electron chi connectivity index (χ4n) is 1.80. The van der Waals surface area contributed by atoms with E-state index in [0.29, 0.717) is 22.6 Å². The van der Waals surface area contributed by atoms with Crippen molar-refractivity contribution in [3.63, 3.8) is 0 Å². The van der Waals surface area contributed by atoms with Gasteiger partial charge in [0.05, 0.1) is 11.3 Å². The molecule has 7 heteroatoms. The lowest BCUT2D eigenvalue weighted by Gasteiger charge is -2.03. The Morgan fingerprint density at radius 2 is 1.95 bits per heavy atom. The maximum atomic E-state index is 12.1. The van der Waals surface area contributed by atoms with E-state index >= 15 is 0 Å². The summed E-state index contributed by atoms with van der Waals surface area (Å²) in [7, 11) is 0. The van der Waals surface area contributed by atoms with Crippen LogP contribution < -0.4 is 5.32 Å². The standard InChI is InChI=1S/C15H9N5O2/c16-9-11-3-1-2-4-12(11)18-14(21)15-19-13(20-22-15)10-5-7-17-8-6-10/h1-8H,(H,18,21). The van der Waals surface area contributed by atoms with Crippen LogP contribution in [-0.4, -0.2) is 21.0 Å². The molecule has 0 bridgehead atoms. The SMILES string of the molecule is N#Cc1ccccc1NC(=O)c1nc(-c2ccncc2)no1. The number of carbonyl (C=O) groups is 1. The van der Waals surface area contributed by atoms with Crippen LogP contribution in [0.3, 0.4) is 0 Å². The number of aromatic nitrogens is 3. The third-order valence-corrected chi connectivity index (χ3v) is 2.85. The van der Waals surface area contributed by atoms with Gasteiger partial charge in [-0.15, -0.1) is 0 Å². The first-order valence-electron chi connectivity index (χ1n) is 6.32. The van der Waals surface area contributed by atoms with Crippen LogP contribution in [0, 0.1) is 11.3 Å². The van der Waals surface area contributed by atoms with E-state index in [4.69, 9.17) is 9.78 Å². The minimum atomic E-state index is -0.574. The zero-order valence-electron chi connectivity index (χ0n) is 11.2. The fourth-order valence-corrected chi connectivity index (χ4v) is 1.80. The Kier molecular flexibility index (Phi) is 3.58. The van der Waals surface area contributed by atoms with E-state index < -0.39 is 5.91 Å². The summed E-state index contributed by atoms with van der Waals surface area (Å²) in [6, 6.07) is 12.1. The summed E-state index contributed by atoms with van der Waals surface area (Å²) in [6.07, 6.45) is 3.18. The smallest absolute Gasteiger partial charge is 0.316 e. The van der Waals surface area contributed by atoms with Crippen molar-refractivity contribution in [1.29, 1.82) is 5.26 Å². The number of carbonyl (C=O) groups excluding carboxylic acids is 1. The van der Waals surface area contributed by atoms with Crippen LogP contribution in [0.15, 0.2) is 53.3 Å². The summed E-state index contributed by atoms with van der Waals surface area (Å²) in [5.41, 5.74) is 1.43. The van der Waals surface area contributed by atoms with Crippen LogP contribution in [0.5, 0.6) is 0 Å². The Morgan fingerprint density at radius 3 is 2.73 bits per heavy atom. The molecule has 3 aromatic rings. The van der Waals surface area contributed by atoms with Crippen LogP contribution in [0.4, 0.5) is 5.69 Å². The zero-order valence-corrected chi connectivity index (χ0v) is 11.2. The highest BCUT2D eigenvalue weighted by molar-refractivity contribution is 6.01. The van der Waals surface area contributed by atoms with Crippen molar-refractivity contribution >= 4 is 11.6 Å². The van der Waals surface area contributed by atoms with Crippen molar-refractivity contribution in [2.45, 2.75) is 0 Å². The summed E-state index contributed by atoms with van der Waals surface area (Å²) in [5.74, 6) is -0.462. The predicted molar refractivity (Wildman–Crippen MR) is 76.6 cm³/mol. The highest BCUT2D eigenvalue weighted by Crippen LogP contribution is 2.17. The molecule has 2 aromatic heterocycles. The van der Waals surface area contributed by atoms with Gasteiger partial charge in [0.1, 0.15) is 6.07 Å². The van der Waals surface area contributed by atoms with Crippen molar-refractivity contribution in [1.82, 2.24) is 15.1 Å². The number of nitrogens with zero attached hydrogens (tertiary/aromatic N) is 4. The van der Waals surface area contributed by atoms with Crippen LogP contribution in [-0.2, 0) is 0 Å². The number of para-hydroxylation sites is 1. The third kappa shape index (κ3) is 2.66. The van der Waals surface area contributed by atoms with Gasteiger partial charge in [-0.2, -0.15) is 10.2 Å². The topological polar surface area (TPSA) is 105 Å². The number of amides is 1. The Hall–Kier alpha value is -3.53. The number of hydrogen-bond donors (Lipinski definition) is 1. The van der Waals surface area contributed by atoms with E-state index in [1.807, 2.05) is 6.07 Å².